The molecule has 2 aromatic rings. The zero-order valence-corrected chi connectivity index (χ0v) is 17.9. The Morgan fingerprint density at radius 3 is 2.12 bits per heavy atom. The number of amides is 2. The predicted octanol–water partition coefficient (Wildman–Crippen LogP) is 0.603. The van der Waals surface area contributed by atoms with Crippen molar-refractivity contribution in [1.29, 1.82) is 0 Å². The maximum absolute atomic E-state index is 12.7. The number of nitrogens with zero attached hydrogens (tertiary/aromatic N) is 1. The number of methoxy groups -OCH3 is 3. The number of carbonyl (C=O) groups excluding carboxylic acids is 2. The Balaban J connectivity index is 2.44. The summed E-state index contributed by atoms with van der Waals surface area (Å²) in [7, 11) is -0.911. The van der Waals surface area contributed by atoms with Crippen LogP contribution in [-0.2, 0) is 14.8 Å². The van der Waals surface area contributed by atoms with E-state index >= 15 is 0 Å². The summed E-state index contributed by atoms with van der Waals surface area (Å²) in [6.45, 7) is -0.506. The topological polar surface area (TPSA) is 186 Å². The minimum atomic E-state index is -4.65. The SMILES string of the molecule is COc1ccc(S(=O)(=O)NC(=O)c2cc(OC)c(OCC(N)=O)c(OC)c2)c([N+](=O)[O-])c1. The van der Waals surface area contributed by atoms with Crippen LogP contribution in [0, 0.1) is 10.1 Å². The minimum absolute atomic E-state index is 0.0426. The molecule has 0 saturated heterocycles. The summed E-state index contributed by atoms with van der Waals surface area (Å²) in [5.74, 6) is -1.99. The average Bonchev–Trinajstić information content (AvgIpc) is 2.75. The summed E-state index contributed by atoms with van der Waals surface area (Å²) in [5.41, 5.74) is 4.03. The van der Waals surface area contributed by atoms with Gasteiger partial charge in [-0.25, -0.2) is 13.1 Å². The Kier molecular flexibility index (Phi) is 7.43. The van der Waals surface area contributed by atoms with Gasteiger partial charge in [0.25, 0.3) is 27.5 Å². The van der Waals surface area contributed by atoms with E-state index in [-0.39, 0.29) is 28.6 Å². The van der Waals surface area contributed by atoms with Crippen molar-refractivity contribution in [2.75, 3.05) is 27.9 Å². The molecule has 2 amide bonds. The van der Waals surface area contributed by atoms with Crippen molar-refractivity contribution in [2.24, 2.45) is 5.73 Å². The molecule has 0 aliphatic rings. The molecule has 0 aliphatic carbocycles. The van der Waals surface area contributed by atoms with E-state index in [0.29, 0.717) is 0 Å². The van der Waals surface area contributed by atoms with E-state index in [1.807, 2.05) is 0 Å². The first-order chi connectivity index (χ1) is 15.0. The van der Waals surface area contributed by atoms with Crippen LogP contribution >= 0.6 is 0 Å². The zero-order valence-electron chi connectivity index (χ0n) is 17.1. The second kappa shape index (κ2) is 9.82. The van der Waals surface area contributed by atoms with Crippen molar-refractivity contribution >= 4 is 27.5 Å². The standard InChI is InChI=1S/C18H19N3O10S/c1-28-11-4-5-15(12(8-11)21(24)25)32(26,27)20-18(23)10-6-13(29-2)17(14(7-10)30-3)31-9-16(19)22/h4-8H,9H2,1-3H3,(H2,19,22)(H,20,23). The third-order valence-corrected chi connectivity index (χ3v) is 5.34. The number of hydrogen-bond donors (Lipinski definition) is 2. The number of hydrogen-bond acceptors (Lipinski definition) is 10. The van der Waals surface area contributed by atoms with Crippen LogP contribution in [0.15, 0.2) is 35.2 Å². The molecular weight excluding hydrogens is 450 g/mol. The van der Waals surface area contributed by atoms with Crippen LogP contribution in [0.3, 0.4) is 0 Å². The van der Waals surface area contributed by atoms with Gasteiger partial charge in [-0.05, 0) is 24.3 Å². The Morgan fingerprint density at radius 2 is 1.66 bits per heavy atom. The number of primary amides is 1. The van der Waals surface area contributed by atoms with Crippen LogP contribution in [0.25, 0.3) is 0 Å². The molecular formula is C18H19N3O10S. The van der Waals surface area contributed by atoms with Crippen LogP contribution in [0.2, 0.25) is 0 Å². The summed E-state index contributed by atoms with van der Waals surface area (Å²) in [6.07, 6.45) is 0. The predicted molar refractivity (Wildman–Crippen MR) is 109 cm³/mol. The minimum Gasteiger partial charge on any atom is -0.497 e. The van der Waals surface area contributed by atoms with Crippen molar-refractivity contribution in [3.05, 3.63) is 46.0 Å². The van der Waals surface area contributed by atoms with Gasteiger partial charge in [-0.1, -0.05) is 0 Å². The first-order valence-electron chi connectivity index (χ1n) is 8.60. The average molecular weight is 469 g/mol. The second-order valence-electron chi connectivity index (χ2n) is 5.99. The molecule has 3 N–H and O–H groups in total. The maximum atomic E-state index is 12.7. The van der Waals surface area contributed by atoms with Gasteiger partial charge in [0, 0.05) is 5.56 Å². The largest absolute Gasteiger partial charge is 0.497 e. The van der Waals surface area contributed by atoms with E-state index in [9.17, 15) is 28.1 Å². The zero-order chi connectivity index (χ0) is 24.1. The molecule has 0 aromatic heterocycles. The van der Waals surface area contributed by atoms with Crippen molar-refractivity contribution < 1.29 is 41.9 Å². The van der Waals surface area contributed by atoms with Gasteiger partial charge in [-0.2, -0.15) is 0 Å². The third kappa shape index (κ3) is 5.34. The lowest BCUT2D eigenvalue weighted by Crippen LogP contribution is -2.31. The molecule has 2 rings (SSSR count). The Hall–Kier alpha value is -4.07. The van der Waals surface area contributed by atoms with E-state index in [1.165, 1.54) is 27.4 Å². The third-order valence-electron chi connectivity index (χ3n) is 3.96. The van der Waals surface area contributed by atoms with Crippen molar-refractivity contribution in [2.45, 2.75) is 4.90 Å². The first-order valence-corrected chi connectivity index (χ1v) is 10.1. The number of nitrogens with one attached hydrogen (secondary N) is 1. The summed E-state index contributed by atoms with van der Waals surface area (Å²) in [4.78, 5) is 33.3. The highest BCUT2D eigenvalue weighted by molar-refractivity contribution is 7.90. The number of nitro benzene ring substituents is 1. The van der Waals surface area contributed by atoms with E-state index in [4.69, 9.17) is 24.7 Å². The molecule has 0 atom stereocenters. The smallest absolute Gasteiger partial charge is 0.293 e. The van der Waals surface area contributed by atoms with Gasteiger partial charge >= 0.3 is 0 Å². The summed E-state index contributed by atoms with van der Waals surface area (Å²) in [5, 5.41) is 11.3. The number of benzene rings is 2. The lowest BCUT2D eigenvalue weighted by atomic mass is 10.1. The quantitative estimate of drug-likeness (QED) is 0.368. The fraction of sp³-hybridized carbons (Fsp3) is 0.222. The maximum Gasteiger partial charge on any atom is 0.293 e. The van der Waals surface area contributed by atoms with Crippen LogP contribution in [0.5, 0.6) is 23.0 Å². The van der Waals surface area contributed by atoms with E-state index in [2.05, 4.69) is 0 Å². The summed E-state index contributed by atoms with van der Waals surface area (Å²) >= 11 is 0. The number of ether oxygens (including phenoxy) is 4. The fourth-order valence-corrected chi connectivity index (χ4v) is 3.65. The van der Waals surface area contributed by atoms with Gasteiger partial charge in [0.15, 0.2) is 23.0 Å². The lowest BCUT2D eigenvalue weighted by molar-refractivity contribution is -0.387. The molecule has 32 heavy (non-hydrogen) atoms. The van der Waals surface area contributed by atoms with Crippen molar-refractivity contribution in [3.63, 3.8) is 0 Å². The monoisotopic (exact) mass is 469 g/mol. The second-order valence-corrected chi connectivity index (χ2v) is 7.64. The highest BCUT2D eigenvalue weighted by Crippen LogP contribution is 2.38. The van der Waals surface area contributed by atoms with Crippen LogP contribution in [0.4, 0.5) is 5.69 Å². The molecule has 172 valence electrons. The first kappa shape index (κ1) is 24.2. The van der Waals surface area contributed by atoms with Crippen LogP contribution < -0.4 is 29.4 Å². The number of sulfonamides is 1. The molecule has 0 aliphatic heterocycles. The van der Waals surface area contributed by atoms with E-state index in [1.54, 1.807) is 4.72 Å². The number of nitro groups is 1. The van der Waals surface area contributed by atoms with E-state index in [0.717, 1.165) is 24.3 Å². The molecule has 13 nitrogen and oxygen atoms in total. The van der Waals surface area contributed by atoms with Gasteiger partial charge in [0.05, 0.1) is 32.3 Å². The Labute approximate surface area is 182 Å². The van der Waals surface area contributed by atoms with Crippen LogP contribution in [-0.4, -0.2) is 53.1 Å². The van der Waals surface area contributed by atoms with Gasteiger partial charge in [0.1, 0.15) is 5.75 Å². The van der Waals surface area contributed by atoms with Crippen molar-refractivity contribution in [1.82, 2.24) is 4.72 Å². The molecule has 0 heterocycles. The molecule has 2 aromatic carbocycles. The molecule has 0 saturated carbocycles. The molecule has 14 heteroatoms. The number of rotatable bonds is 10. The molecule has 0 bridgehead atoms. The van der Waals surface area contributed by atoms with Crippen LogP contribution in [0.1, 0.15) is 10.4 Å². The highest BCUT2D eigenvalue weighted by Gasteiger charge is 2.29. The highest BCUT2D eigenvalue weighted by atomic mass is 32.2. The Morgan fingerprint density at radius 1 is 1.06 bits per heavy atom. The number of nitrogens with two attached hydrogens (primary N) is 1. The van der Waals surface area contributed by atoms with Crippen molar-refractivity contribution in [3.8, 4) is 23.0 Å². The number of carbonyl (C=O) groups is 2. The molecule has 0 unspecified atom stereocenters. The normalized spacial score (nSPS) is 10.7. The van der Waals surface area contributed by atoms with Gasteiger partial charge in [-0.15, -0.1) is 0 Å². The van der Waals surface area contributed by atoms with Gasteiger partial charge in [-0.3, -0.25) is 19.7 Å². The van der Waals surface area contributed by atoms with Gasteiger partial charge in [0.2, 0.25) is 5.75 Å². The fourth-order valence-electron chi connectivity index (χ4n) is 2.53. The molecule has 0 fully saturated rings. The van der Waals surface area contributed by atoms with E-state index < -0.39 is 44.0 Å². The summed E-state index contributed by atoms with van der Waals surface area (Å²) < 4.78 is 47.4. The molecule has 0 radical (unpaired) electrons. The lowest BCUT2D eigenvalue weighted by Gasteiger charge is -2.15. The van der Waals surface area contributed by atoms with Gasteiger partial charge < -0.3 is 24.7 Å². The Bertz CT molecular complexity index is 1140. The molecule has 0 spiro atoms. The summed E-state index contributed by atoms with van der Waals surface area (Å²) in [6, 6.07) is 5.31.